The van der Waals surface area contributed by atoms with E-state index in [0.29, 0.717) is 0 Å². The van der Waals surface area contributed by atoms with E-state index in [1.807, 2.05) is 29.5 Å². The Balaban J connectivity index is 1.79. The summed E-state index contributed by atoms with van der Waals surface area (Å²) >= 11 is 11.4. The van der Waals surface area contributed by atoms with E-state index in [0.717, 1.165) is 40.7 Å². The average molecular weight is 359 g/mol. The summed E-state index contributed by atoms with van der Waals surface area (Å²) in [5, 5.41) is 2.92. The molecule has 2 N–H and O–H groups in total. The Morgan fingerprint density at radius 3 is 2.84 bits per heavy atom. The van der Waals surface area contributed by atoms with Gasteiger partial charge in [-0.25, -0.2) is 0 Å². The fraction of sp³-hybridized carbons (Fsp3) is 0.333. The van der Waals surface area contributed by atoms with Crippen molar-refractivity contribution in [2.75, 3.05) is 0 Å². The molecule has 0 saturated heterocycles. The summed E-state index contributed by atoms with van der Waals surface area (Å²) < 4.78 is 1.01. The van der Waals surface area contributed by atoms with Gasteiger partial charge in [0.25, 0.3) is 0 Å². The van der Waals surface area contributed by atoms with Crippen LogP contribution in [0.2, 0.25) is 5.02 Å². The highest BCUT2D eigenvalue weighted by molar-refractivity contribution is 9.10. The van der Waals surface area contributed by atoms with Crippen LogP contribution in [-0.2, 0) is 12.8 Å². The molecule has 0 radical (unpaired) electrons. The number of hydrogen-bond acceptors (Lipinski definition) is 2. The van der Waals surface area contributed by atoms with Crippen molar-refractivity contribution < 1.29 is 0 Å². The molecule has 0 aliphatic rings. The zero-order valence-corrected chi connectivity index (χ0v) is 13.8. The van der Waals surface area contributed by atoms with Crippen LogP contribution in [0.5, 0.6) is 0 Å². The summed E-state index contributed by atoms with van der Waals surface area (Å²) in [6.45, 7) is 0. The molecule has 2 rings (SSSR count). The first-order valence-corrected chi connectivity index (χ1v) is 8.42. The van der Waals surface area contributed by atoms with Crippen LogP contribution in [0, 0.1) is 0 Å². The summed E-state index contributed by atoms with van der Waals surface area (Å²) in [5.41, 5.74) is 7.32. The van der Waals surface area contributed by atoms with Gasteiger partial charge in [0, 0.05) is 20.4 Å². The van der Waals surface area contributed by atoms with Gasteiger partial charge in [0.1, 0.15) is 0 Å². The molecule has 0 aliphatic heterocycles. The number of aryl methyl sites for hydroxylation is 1. The van der Waals surface area contributed by atoms with Gasteiger partial charge in [-0.05, 0) is 54.8 Å². The lowest BCUT2D eigenvalue weighted by Crippen LogP contribution is -2.23. The summed E-state index contributed by atoms with van der Waals surface area (Å²) in [6, 6.07) is 10.4. The third kappa shape index (κ3) is 4.92. The van der Waals surface area contributed by atoms with E-state index in [1.165, 1.54) is 4.88 Å². The maximum Gasteiger partial charge on any atom is 0.0449 e. The minimum absolute atomic E-state index is 0.179. The highest BCUT2D eigenvalue weighted by atomic mass is 79.9. The van der Waals surface area contributed by atoms with Gasteiger partial charge in [-0.1, -0.05) is 39.7 Å². The molecule has 4 heteroatoms. The smallest absolute Gasteiger partial charge is 0.0449 e. The Morgan fingerprint density at radius 2 is 2.16 bits per heavy atom. The quantitative estimate of drug-likeness (QED) is 0.767. The fourth-order valence-corrected chi connectivity index (χ4v) is 3.57. The average Bonchev–Trinajstić information content (AvgIpc) is 2.86. The van der Waals surface area contributed by atoms with Gasteiger partial charge >= 0.3 is 0 Å². The SMILES string of the molecule is NC(CCCc1cccs1)Cc1ccc(Br)cc1Cl. The summed E-state index contributed by atoms with van der Waals surface area (Å²) in [5.74, 6) is 0. The first kappa shape index (κ1) is 15.0. The molecule has 1 aromatic heterocycles. The molecule has 2 aromatic rings. The van der Waals surface area contributed by atoms with Crippen LogP contribution in [0.25, 0.3) is 0 Å². The number of hydrogen-bond donors (Lipinski definition) is 1. The number of halogens is 2. The third-order valence-electron chi connectivity index (χ3n) is 3.08. The van der Waals surface area contributed by atoms with Crippen LogP contribution < -0.4 is 5.73 Å². The van der Waals surface area contributed by atoms with Crippen molar-refractivity contribution in [2.45, 2.75) is 31.7 Å². The van der Waals surface area contributed by atoms with Crippen molar-refractivity contribution in [2.24, 2.45) is 5.73 Å². The predicted molar refractivity (Wildman–Crippen MR) is 88.1 cm³/mol. The Kier molecular flexibility index (Phi) is 5.89. The van der Waals surface area contributed by atoms with Gasteiger partial charge in [0.15, 0.2) is 0 Å². The molecule has 0 saturated carbocycles. The molecule has 0 bridgehead atoms. The first-order chi connectivity index (χ1) is 9.15. The Labute approximate surface area is 131 Å². The Morgan fingerprint density at radius 1 is 1.32 bits per heavy atom. The van der Waals surface area contributed by atoms with Crippen molar-refractivity contribution in [1.82, 2.24) is 0 Å². The first-order valence-electron chi connectivity index (χ1n) is 6.37. The molecule has 102 valence electrons. The highest BCUT2D eigenvalue weighted by Gasteiger charge is 2.08. The number of thiophene rings is 1. The Bertz CT molecular complexity index is 513. The van der Waals surface area contributed by atoms with Crippen LogP contribution in [0.4, 0.5) is 0 Å². The minimum Gasteiger partial charge on any atom is -0.327 e. The maximum absolute atomic E-state index is 6.20. The second-order valence-corrected chi connectivity index (χ2v) is 7.03. The molecule has 1 nitrogen and oxygen atoms in total. The van der Waals surface area contributed by atoms with Crippen LogP contribution in [0.1, 0.15) is 23.3 Å². The lowest BCUT2D eigenvalue weighted by Gasteiger charge is -2.12. The summed E-state index contributed by atoms with van der Waals surface area (Å²) in [6.07, 6.45) is 4.14. The molecule has 0 fully saturated rings. The monoisotopic (exact) mass is 357 g/mol. The minimum atomic E-state index is 0.179. The normalized spacial score (nSPS) is 12.6. The summed E-state index contributed by atoms with van der Waals surface area (Å²) in [4.78, 5) is 1.44. The lowest BCUT2D eigenvalue weighted by molar-refractivity contribution is 0.582. The van der Waals surface area contributed by atoms with Crippen molar-refractivity contribution in [3.63, 3.8) is 0 Å². The van der Waals surface area contributed by atoms with Gasteiger partial charge in [-0.3, -0.25) is 0 Å². The van der Waals surface area contributed by atoms with Gasteiger partial charge in [0.05, 0.1) is 0 Å². The zero-order valence-electron chi connectivity index (χ0n) is 10.6. The third-order valence-corrected chi connectivity index (χ3v) is 4.86. The van der Waals surface area contributed by atoms with E-state index in [2.05, 4.69) is 33.4 Å². The van der Waals surface area contributed by atoms with Crippen LogP contribution in [-0.4, -0.2) is 6.04 Å². The standard InChI is InChI=1S/C15H17BrClNS/c16-12-7-6-11(15(17)10-12)9-13(18)3-1-4-14-5-2-8-19-14/h2,5-8,10,13H,1,3-4,9,18H2. The Hall–Kier alpha value is -0.350. The topological polar surface area (TPSA) is 26.0 Å². The fourth-order valence-electron chi connectivity index (χ4n) is 2.07. The molecular weight excluding hydrogens is 342 g/mol. The van der Waals surface area contributed by atoms with Crippen molar-refractivity contribution in [3.05, 3.63) is 55.6 Å². The number of nitrogens with two attached hydrogens (primary N) is 1. The molecule has 19 heavy (non-hydrogen) atoms. The van der Waals surface area contributed by atoms with Gasteiger partial charge in [-0.2, -0.15) is 0 Å². The molecule has 0 amide bonds. The largest absolute Gasteiger partial charge is 0.327 e. The van der Waals surface area contributed by atoms with Crippen molar-refractivity contribution in [1.29, 1.82) is 0 Å². The van der Waals surface area contributed by atoms with E-state index < -0.39 is 0 Å². The van der Waals surface area contributed by atoms with Gasteiger partial charge in [-0.15, -0.1) is 11.3 Å². The van der Waals surface area contributed by atoms with Gasteiger partial charge < -0.3 is 5.73 Å². The molecule has 0 aliphatic carbocycles. The number of rotatable bonds is 6. The number of benzene rings is 1. The maximum atomic E-state index is 6.20. The molecule has 1 atom stereocenters. The van der Waals surface area contributed by atoms with Crippen LogP contribution >= 0.6 is 38.9 Å². The zero-order chi connectivity index (χ0) is 13.7. The molecule has 0 spiro atoms. The van der Waals surface area contributed by atoms with E-state index in [9.17, 15) is 0 Å². The van der Waals surface area contributed by atoms with Crippen molar-refractivity contribution >= 4 is 38.9 Å². The molecule has 1 heterocycles. The van der Waals surface area contributed by atoms with E-state index in [-0.39, 0.29) is 6.04 Å². The highest BCUT2D eigenvalue weighted by Crippen LogP contribution is 2.23. The lowest BCUT2D eigenvalue weighted by atomic mass is 10.0. The predicted octanol–water partition coefficient (Wildman–Crippen LogP) is 5.06. The van der Waals surface area contributed by atoms with E-state index in [1.54, 1.807) is 0 Å². The second kappa shape index (κ2) is 7.44. The second-order valence-electron chi connectivity index (χ2n) is 4.67. The van der Waals surface area contributed by atoms with Crippen LogP contribution in [0.15, 0.2) is 40.2 Å². The van der Waals surface area contributed by atoms with Crippen molar-refractivity contribution in [3.8, 4) is 0 Å². The molecular formula is C15H17BrClNS. The summed E-state index contributed by atoms with van der Waals surface area (Å²) in [7, 11) is 0. The molecule has 1 aromatic carbocycles. The van der Waals surface area contributed by atoms with E-state index in [4.69, 9.17) is 17.3 Å². The van der Waals surface area contributed by atoms with Crippen LogP contribution in [0.3, 0.4) is 0 Å². The molecule has 1 unspecified atom stereocenters. The van der Waals surface area contributed by atoms with Gasteiger partial charge in [0.2, 0.25) is 0 Å². The van der Waals surface area contributed by atoms with E-state index >= 15 is 0 Å².